The lowest BCUT2D eigenvalue weighted by molar-refractivity contribution is -0.137. The minimum Gasteiger partial charge on any atom is -0.341 e. The number of hydrogen-bond acceptors (Lipinski definition) is 2. The third kappa shape index (κ3) is 3.98. The molecule has 0 heterocycles. The van der Waals surface area contributed by atoms with Crippen molar-refractivity contribution in [2.75, 3.05) is 4.90 Å². The van der Waals surface area contributed by atoms with E-state index in [1.807, 2.05) is 73.7 Å². The van der Waals surface area contributed by atoms with E-state index in [1.165, 1.54) is 4.90 Å². The lowest BCUT2D eigenvalue weighted by Gasteiger charge is -2.23. The van der Waals surface area contributed by atoms with Crippen molar-refractivity contribution in [1.29, 1.82) is 0 Å². The molecule has 0 fully saturated rings. The Kier molecular flexibility index (Phi) is 5.44. The first-order chi connectivity index (χ1) is 12.7. The van der Waals surface area contributed by atoms with Crippen LogP contribution >= 0.6 is 0 Å². The van der Waals surface area contributed by atoms with Gasteiger partial charge in [0.05, 0.1) is 6.04 Å². The van der Waals surface area contributed by atoms with Crippen molar-refractivity contribution in [1.82, 2.24) is 5.32 Å². The van der Waals surface area contributed by atoms with Crippen molar-refractivity contribution in [2.45, 2.75) is 13.0 Å². The second-order valence-corrected chi connectivity index (χ2v) is 5.92. The van der Waals surface area contributed by atoms with Crippen molar-refractivity contribution in [3.8, 4) is 0 Å². The molecule has 0 bridgehead atoms. The van der Waals surface area contributed by atoms with Gasteiger partial charge in [-0.15, -0.1) is 0 Å². The van der Waals surface area contributed by atoms with Gasteiger partial charge in [-0.05, 0) is 36.8 Å². The van der Waals surface area contributed by atoms with Crippen LogP contribution in [0.15, 0.2) is 91.0 Å². The third-order valence-electron chi connectivity index (χ3n) is 4.07. The van der Waals surface area contributed by atoms with Gasteiger partial charge in [0.15, 0.2) is 0 Å². The standard InChI is InChI=1S/C22H20N2O2/c1-17(18-11-5-2-6-12-18)23-21(25)22(26)24(19-13-7-3-8-14-19)20-15-9-4-10-16-20/h2-17H,1H3,(H,23,25). The zero-order valence-electron chi connectivity index (χ0n) is 14.5. The van der Waals surface area contributed by atoms with E-state index in [4.69, 9.17) is 0 Å². The van der Waals surface area contributed by atoms with Crippen LogP contribution in [0.4, 0.5) is 11.4 Å². The second kappa shape index (κ2) is 8.12. The molecule has 1 unspecified atom stereocenters. The molecule has 0 aliphatic rings. The Labute approximate surface area is 153 Å². The monoisotopic (exact) mass is 344 g/mol. The molecule has 0 spiro atoms. The molecule has 0 aromatic heterocycles. The molecule has 3 rings (SSSR count). The Morgan fingerprint density at radius 3 is 1.62 bits per heavy atom. The summed E-state index contributed by atoms with van der Waals surface area (Å²) in [6.45, 7) is 1.86. The molecule has 0 saturated carbocycles. The number of benzene rings is 3. The van der Waals surface area contributed by atoms with Crippen LogP contribution in [0.1, 0.15) is 18.5 Å². The van der Waals surface area contributed by atoms with E-state index >= 15 is 0 Å². The molecular formula is C22H20N2O2. The van der Waals surface area contributed by atoms with Crippen molar-refractivity contribution in [3.05, 3.63) is 96.6 Å². The fourth-order valence-corrected chi connectivity index (χ4v) is 2.72. The zero-order chi connectivity index (χ0) is 18.4. The Hall–Kier alpha value is -3.40. The summed E-state index contributed by atoms with van der Waals surface area (Å²) in [5.74, 6) is -1.26. The molecule has 1 N–H and O–H groups in total. The Morgan fingerprint density at radius 1 is 0.731 bits per heavy atom. The number of hydrogen-bond donors (Lipinski definition) is 1. The van der Waals surface area contributed by atoms with Gasteiger partial charge in [-0.3, -0.25) is 14.5 Å². The molecule has 0 aliphatic heterocycles. The van der Waals surface area contributed by atoms with Crippen LogP contribution in [0.25, 0.3) is 0 Å². The van der Waals surface area contributed by atoms with Crippen LogP contribution in [0.3, 0.4) is 0 Å². The molecule has 3 aromatic rings. The molecule has 2 amide bonds. The van der Waals surface area contributed by atoms with Gasteiger partial charge in [0, 0.05) is 11.4 Å². The Bertz CT molecular complexity index is 825. The SMILES string of the molecule is CC(NC(=O)C(=O)N(c1ccccc1)c1ccccc1)c1ccccc1. The first-order valence-electron chi connectivity index (χ1n) is 8.47. The summed E-state index contributed by atoms with van der Waals surface area (Å²) < 4.78 is 0. The molecule has 26 heavy (non-hydrogen) atoms. The molecular weight excluding hydrogens is 324 g/mol. The molecule has 0 radical (unpaired) electrons. The lowest BCUT2D eigenvalue weighted by atomic mass is 10.1. The predicted octanol–water partition coefficient (Wildman–Crippen LogP) is 4.23. The summed E-state index contributed by atoms with van der Waals surface area (Å²) in [7, 11) is 0. The number of carbonyl (C=O) groups excluding carboxylic acids is 2. The van der Waals surface area contributed by atoms with Crippen LogP contribution < -0.4 is 10.2 Å². The number of carbonyl (C=O) groups is 2. The first-order valence-corrected chi connectivity index (χ1v) is 8.47. The summed E-state index contributed by atoms with van der Waals surface area (Å²) in [4.78, 5) is 27.0. The van der Waals surface area contributed by atoms with Crippen molar-refractivity contribution in [3.63, 3.8) is 0 Å². The maximum Gasteiger partial charge on any atom is 0.320 e. The average molecular weight is 344 g/mol. The van der Waals surface area contributed by atoms with E-state index < -0.39 is 11.8 Å². The minimum absolute atomic E-state index is 0.263. The van der Waals surface area contributed by atoms with E-state index in [0.29, 0.717) is 11.4 Å². The Morgan fingerprint density at radius 2 is 1.15 bits per heavy atom. The van der Waals surface area contributed by atoms with Gasteiger partial charge in [0.1, 0.15) is 0 Å². The number of rotatable bonds is 4. The molecule has 4 heteroatoms. The van der Waals surface area contributed by atoms with E-state index in [1.54, 1.807) is 24.3 Å². The highest BCUT2D eigenvalue weighted by Crippen LogP contribution is 2.25. The van der Waals surface area contributed by atoms with Gasteiger partial charge in [-0.2, -0.15) is 0 Å². The predicted molar refractivity (Wildman–Crippen MR) is 103 cm³/mol. The third-order valence-corrected chi connectivity index (χ3v) is 4.07. The maximum atomic E-state index is 12.9. The first kappa shape index (κ1) is 17.4. The quantitative estimate of drug-likeness (QED) is 0.720. The topological polar surface area (TPSA) is 49.4 Å². The van der Waals surface area contributed by atoms with Gasteiger partial charge < -0.3 is 5.32 Å². The van der Waals surface area contributed by atoms with Crippen molar-refractivity contribution >= 4 is 23.2 Å². The zero-order valence-corrected chi connectivity index (χ0v) is 14.5. The number of nitrogens with one attached hydrogen (secondary N) is 1. The number of para-hydroxylation sites is 2. The molecule has 130 valence electrons. The van der Waals surface area contributed by atoms with Gasteiger partial charge in [-0.1, -0.05) is 66.7 Å². The summed E-state index contributed by atoms with van der Waals surface area (Å²) in [5, 5.41) is 2.79. The van der Waals surface area contributed by atoms with Crippen LogP contribution in [0.5, 0.6) is 0 Å². The minimum atomic E-state index is -0.644. The van der Waals surface area contributed by atoms with E-state index in [2.05, 4.69) is 5.32 Å². The van der Waals surface area contributed by atoms with E-state index in [-0.39, 0.29) is 6.04 Å². The maximum absolute atomic E-state index is 12.9. The summed E-state index contributed by atoms with van der Waals surface area (Å²) in [5.41, 5.74) is 2.23. The number of nitrogens with zero attached hydrogens (tertiary/aromatic N) is 1. The fraction of sp³-hybridized carbons (Fsp3) is 0.0909. The largest absolute Gasteiger partial charge is 0.341 e. The van der Waals surface area contributed by atoms with Gasteiger partial charge in [0.2, 0.25) is 0 Å². The van der Waals surface area contributed by atoms with Gasteiger partial charge in [-0.25, -0.2) is 0 Å². The molecule has 0 saturated heterocycles. The second-order valence-electron chi connectivity index (χ2n) is 5.92. The number of amides is 2. The lowest BCUT2D eigenvalue weighted by Crippen LogP contribution is -2.41. The number of anilines is 2. The Balaban J connectivity index is 1.85. The van der Waals surface area contributed by atoms with Crippen LogP contribution in [0.2, 0.25) is 0 Å². The summed E-state index contributed by atoms with van der Waals surface area (Å²) in [6.07, 6.45) is 0. The van der Waals surface area contributed by atoms with Crippen molar-refractivity contribution in [2.24, 2.45) is 0 Å². The van der Waals surface area contributed by atoms with Gasteiger partial charge in [0.25, 0.3) is 0 Å². The molecule has 4 nitrogen and oxygen atoms in total. The van der Waals surface area contributed by atoms with E-state index in [9.17, 15) is 9.59 Å². The van der Waals surface area contributed by atoms with Crippen LogP contribution in [-0.2, 0) is 9.59 Å². The normalized spacial score (nSPS) is 11.4. The average Bonchev–Trinajstić information content (AvgIpc) is 2.70. The smallest absolute Gasteiger partial charge is 0.320 e. The van der Waals surface area contributed by atoms with Crippen LogP contribution in [0, 0.1) is 0 Å². The molecule has 3 aromatic carbocycles. The van der Waals surface area contributed by atoms with E-state index in [0.717, 1.165) is 5.56 Å². The summed E-state index contributed by atoms with van der Waals surface area (Å²) >= 11 is 0. The van der Waals surface area contributed by atoms with Gasteiger partial charge >= 0.3 is 11.8 Å². The highest BCUT2D eigenvalue weighted by molar-refractivity contribution is 6.42. The molecule has 0 aliphatic carbocycles. The highest BCUT2D eigenvalue weighted by atomic mass is 16.2. The van der Waals surface area contributed by atoms with Crippen molar-refractivity contribution < 1.29 is 9.59 Å². The summed E-state index contributed by atoms with van der Waals surface area (Å²) in [6, 6.07) is 27.6. The fourth-order valence-electron chi connectivity index (χ4n) is 2.72. The van der Waals surface area contributed by atoms with Crippen LogP contribution in [-0.4, -0.2) is 11.8 Å². The molecule has 1 atom stereocenters. The highest BCUT2D eigenvalue weighted by Gasteiger charge is 2.26.